The second-order valence-corrected chi connectivity index (χ2v) is 5.41. The lowest BCUT2D eigenvalue weighted by Crippen LogP contribution is -2.39. The molecule has 1 aromatic carbocycles. The first-order valence-corrected chi connectivity index (χ1v) is 7.00. The number of halogens is 1. The second kappa shape index (κ2) is 5.42. The maximum atomic E-state index is 11.4. The van der Waals surface area contributed by atoms with Gasteiger partial charge < -0.3 is 14.4 Å². The van der Waals surface area contributed by atoms with Crippen molar-refractivity contribution in [3.63, 3.8) is 0 Å². The molecule has 0 atom stereocenters. The van der Waals surface area contributed by atoms with E-state index in [2.05, 4.69) is 4.98 Å². The number of likely N-dealkylation sites (tertiary alicyclic amines) is 1. The highest BCUT2D eigenvalue weighted by Gasteiger charge is 2.26. The van der Waals surface area contributed by atoms with Gasteiger partial charge in [-0.2, -0.15) is 0 Å². The number of carbonyl (C=O) groups is 1. The van der Waals surface area contributed by atoms with Gasteiger partial charge in [0.25, 0.3) is 0 Å². The van der Waals surface area contributed by atoms with Crippen LogP contribution in [0, 0.1) is 0 Å². The Morgan fingerprint density at radius 3 is 2.90 bits per heavy atom. The van der Waals surface area contributed by atoms with Crippen LogP contribution in [-0.4, -0.2) is 40.6 Å². The molecule has 1 N–H and O–H groups in total. The fourth-order valence-electron chi connectivity index (χ4n) is 2.57. The number of hydrogen-bond donors (Lipinski definition) is 1. The molecule has 6 heteroatoms. The minimum absolute atomic E-state index is 0.212. The van der Waals surface area contributed by atoms with Crippen molar-refractivity contribution < 1.29 is 14.3 Å². The summed E-state index contributed by atoms with van der Waals surface area (Å²) in [4.78, 5) is 17.6. The van der Waals surface area contributed by atoms with E-state index in [0.29, 0.717) is 24.0 Å². The molecule has 20 heavy (non-hydrogen) atoms. The molecule has 5 nitrogen and oxygen atoms in total. The van der Waals surface area contributed by atoms with Gasteiger partial charge in [-0.05, 0) is 31.0 Å². The zero-order valence-electron chi connectivity index (χ0n) is 10.9. The van der Waals surface area contributed by atoms with E-state index in [1.807, 2.05) is 6.07 Å². The topological polar surface area (TPSA) is 66.6 Å². The summed E-state index contributed by atoms with van der Waals surface area (Å²) in [5, 5.41) is 9.50. The minimum atomic E-state index is -0.425. The van der Waals surface area contributed by atoms with Gasteiger partial charge in [-0.3, -0.25) is 4.79 Å². The number of aliphatic hydroxyl groups excluding tert-OH is 1. The first kappa shape index (κ1) is 13.4. The number of carbonyl (C=O) groups excluding carboxylic acids is 1. The second-order valence-electron chi connectivity index (χ2n) is 4.98. The summed E-state index contributed by atoms with van der Waals surface area (Å²) < 4.78 is 5.76. The fraction of sp³-hybridized carbons (Fsp3) is 0.429. The van der Waals surface area contributed by atoms with E-state index in [9.17, 15) is 4.79 Å². The van der Waals surface area contributed by atoms with Crippen LogP contribution in [0.1, 0.15) is 24.7 Å². The van der Waals surface area contributed by atoms with Crippen LogP contribution in [0.4, 0.5) is 0 Å². The summed E-state index contributed by atoms with van der Waals surface area (Å²) in [6.07, 6.45) is 1.60. The van der Waals surface area contributed by atoms with Crippen LogP contribution < -0.4 is 0 Å². The third-order valence-electron chi connectivity index (χ3n) is 3.70. The van der Waals surface area contributed by atoms with Crippen LogP contribution in [0.15, 0.2) is 22.6 Å². The van der Waals surface area contributed by atoms with Gasteiger partial charge in [-0.15, -0.1) is 0 Å². The van der Waals surface area contributed by atoms with E-state index >= 15 is 0 Å². The molecule has 1 aromatic heterocycles. The number of aliphatic hydroxyl groups is 1. The number of piperidine rings is 1. The lowest BCUT2D eigenvalue weighted by molar-refractivity contribution is -0.135. The summed E-state index contributed by atoms with van der Waals surface area (Å²) in [6.45, 7) is 0.832. The largest absolute Gasteiger partial charge is 0.440 e. The van der Waals surface area contributed by atoms with Crippen molar-refractivity contribution in [3.8, 4) is 0 Å². The predicted octanol–water partition coefficient (Wildman–Crippen LogP) is 2.18. The van der Waals surface area contributed by atoms with Gasteiger partial charge in [0.1, 0.15) is 12.1 Å². The van der Waals surface area contributed by atoms with Crippen LogP contribution in [0.2, 0.25) is 5.02 Å². The Hall–Kier alpha value is -1.59. The Bertz CT molecular complexity index is 632. The van der Waals surface area contributed by atoms with Crippen molar-refractivity contribution in [2.75, 3.05) is 19.7 Å². The third-order valence-corrected chi connectivity index (χ3v) is 3.93. The van der Waals surface area contributed by atoms with Crippen molar-refractivity contribution in [2.24, 2.45) is 0 Å². The van der Waals surface area contributed by atoms with Gasteiger partial charge in [-0.25, -0.2) is 4.98 Å². The molecule has 0 radical (unpaired) electrons. The normalized spacial score (nSPS) is 16.8. The summed E-state index contributed by atoms with van der Waals surface area (Å²) in [5.41, 5.74) is 1.50. The van der Waals surface area contributed by atoms with Crippen LogP contribution in [0.25, 0.3) is 11.1 Å². The molecule has 1 aliphatic heterocycles. The standard InChI is InChI=1S/C14H15ClN2O3/c15-10-1-2-12-11(7-10)16-14(20-12)9-3-5-17(6-4-9)13(19)8-18/h1-2,7,9,18H,3-6,8H2. The Kier molecular flexibility index (Phi) is 3.63. The predicted molar refractivity (Wildman–Crippen MR) is 74.7 cm³/mol. The third kappa shape index (κ3) is 2.51. The van der Waals surface area contributed by atoms with Crippen molar-refractivity contribution in [1.29, 1.82) is 0 Å². The Labute approximate surface area is 121 Å². The summed E-state index contributed by atoms with van der Waals surface area (Å²) in [6, 6.07) is 5.38. The van der Waals surface area contributed by atoms with Crippen molar-refractivity contribution in [1.82, 2.24) is 9.88 Å². The average molecular weight is 295 g/mol. The molecule has 1 amide bonds. The maximum Gasteiger partial charge on any atom is 0.248 e. The molecule has 3 rings (SSSR count). The van der Waals surface area contributed by atoms with Crippen LogP contribution >= 0.6 is 11.6 Å². The van der Waals surface area contributed by atoms with E-state index in [4.69, 9.17) is 21.1 Å². The molecule has 1 saturated heterocycles. The molecule has 1 aliphatic rings. The van der Waals surface area contributed by atoms with Gasteiger partial charge in [0.15, 0.2) is 11.5 Å². The Balaban J connectivity index is 1.75. The van der Waals surface area contributed by atoms with Crippen LogP contribution in [0.3, 0.4) is 0 Å². The van der Waals surface area contributed by atoms with Crippen molar-refractivity contribution >= 4 is 28.6 Å². The van der Waals surface area contributed by atoms with Gasteiger partial charge >= 0.3 is 0 Å². The quantitative estimate of drug-likeness (QED) is 0.922. The first-order chi connectivity index (χ1) is 9.67. The minimum Gasteiger partial charge on any atom is -0.440 e. The van der Waals surface area contributed by atoms with E-state index in [1.165, 1.54) is 0 Å². The summed E-state index contributed by atoms with van der Waals surface area (Å²) >= 11 is 5.93. The number of fused-ring (bicyclic) bond motifs is 1. The van der Waals surface area contributed by atoms with Gasteiger partial charge in [0, 0.05) is 24.0 Å². The molecular weight excluding hydrogens is 280 g/mol. The zero-order chi connectivity index (χ0) is 14.1. The Morgan fingerprint density at radius 2 is 2.20 bits per heavy atom. The van der Waals surface area contributed by atoms with Gasteiger partial charge in [0.05, 0.1) is 0 Å². The molecule has 0 saturated carbocycles. The number of hydrogen-bond acceptors (Lipinski definition) is 4. The van der Waals surface area contributed by atoms with Gasteiger partial charge in [-0.1, -0.05) is 11.6 Å². The number of amides is 1. The molecule has 0 unspecified atom stereocenters. The molecule has 2 heterocycles. The van der Waals surface area contributed by atoms with Crippen molar-refractivity contribution in [2.45, 2.75) is 18.8 Å². The number of nitrogens with zero attached hydrogens (tertiary/aromatic N) is 2. The lowest BCUT2D eigenvalue weighted by Gasteiger charge is -2.30. The smallest absolute Gasteiger partial charge is 0.248 e. The monoisotopic (exact) mass is 294 g/mol. The van der Waals surface area contributed by atoms with E-state index in [-0.39, 0.29) is 11.8 Å². The van der Waals surface area contributed by atoms with Gasteiger partial charge in [0.2, 0.25) is 5.91 Å². The number of oxazole rings is 1. The fourth-order valence-corrected chi connectivity index (χ4v) is 2.74. The summed E-state index contributed by atoms with van der Waals surface area (Å²) in [5.74, 6) is 0.704. The lowest BCUT2D eigenvalue weighted by atomic mass is 9.97. The van der Waals surface area contributed by atoms with Crippen molar-refractivity contribution in [3.05, 3.63) is 29.1 Å². The first-order valence-electron chi connectivity index (χ1n) is 6.62. The van der Waals surface area contributed by atoms with Crippen LogP contribution in [-0.2, 0) is 4.79 Å². The van der Waals surface area contributed by atoms with Crippen LogP contribution in [0.5, 0.6) is 0 Å². The SMILES string of the molecule is O=C(CO)N1CCC(c2nc3cc(Cl)ccc3o2)CC1. The molecule has 0 spiro atoms. The van der Waals surface area contributed by atoms with E-state index in [1.54, 1.807) is 17.0 Å². The summed E-state index contributed by atoms with van der Waals surface area (Å²) in [7, 11) is 0. The average Bonchev–Trinajstić information content (AvgIpc) is 2.89. The number of benzene rings is 1. The molecule has 0 bridgehead atoms. The number of aromatic nitrogens is 1. The highest BCUT2D eigenvalue weighted by molar-refractivity contribution is 6.31. The molecular formula is C14H15ClN2O3. The maximum absolute atomic E-state index is 11.4. The number of rotatable bonds is 2. The zero-order valence-corrected chi connectivity index (χ0v) is 11.6. The van der Waals surface area contributed by atoms with E-state index in [0.717, 1.165) is 23.9 Å². The highest BCUT2D eigenvalue weighted by atomic mass is 35.5. The molecule has 2 aromatic rings. The van der Waals surface area contributed by atoms with E-state index < -0.39 is 6.61 Å². The Morgan fingerprint density at radius 1 is 1.45 bits per heavy atom. The molecule has 0 aliphatic carbocycles. The molecule has 1 fully saturated rings. The molecule has 106 valence electrons. The highest BCUT2D eigenvalue weighted by Crippen LogP contribution is 2.30.